The Morgan fingerprint density at radius 3 is 2.45 bits per heavy atom. The molecular formula is C26H35N3O3S. The number of nitrogens with one attached hydrogen (secondary N) is 2. The van der Waals surface area contributed by atoms with Crippen LogP contribution in [0, 0.1) is 0 Å². The SMILES string of the molecule is O=C(CCNS(=O)(=O)c1ccc2c(c1)CCCC2)NC1CCN(CCc2ccccc2)CC1. The summed E-state index contributed by atoms with van der Waals surface area (Å²) in [6.45, 7) is 3.10. The van der Waals surface area contributed by atoms with Gasteiger partial charge in [0.1, 0.15) is 0 Å². The van der Waals surface area contributed by atoms with Crippen molar-refractivity contribution in [1.82, 2.24) is 14.9 Å². The molecule has 0 unspecified atom stereocenters. The topological polar surface area (TPSA) is 78.5 Å². The number of amides is 1. The van der Waals surface area contributed by atoms with E-state index in [1.807, 2.05) is 12.1 Å². The van der Waals surface area contributed by atoms with Crippen LogP contribution in [0.25, 0.3) is 0 Å². The standard InChI is InChI=1S/C26H35N3O3S/c30-26(28-24-14-18-29(19-15-24)17-13-21-6-2-1-3-7-21)12-16-27-33(31,32)25-11-10-22-8-4-5-9-23(22)20-25/h1-3,6-7,10-11,20,24,27H,4-5,8-9,12-19H2,(H,28,30). The van der Waals surface area contributed by atoms with Crippen LogP contribution in [-0.4, -0.2) is 51.4 Å². The lowest BCUT2D eigenvalue weighted by Crippen LogP contribution is -2.45. The molecule has 1 heterocycles. The van der Waals surface area contributed by atoms with E-state index in [0.29, 0.717) is 4.90 Å². The molecule has 1 aliphatic carbocycles. The number of carbonyl (C=O) groups is 1. The summed E-state index contributed by atoms with van der Waals surface area (Å²) >= 11 is 0. The van der Waals surface area contributed by atoms with E-state index >= 15 is 0 Å². The molecule has 7 heteroatoms. The zero-order valence-corrected chi connectivity index (χ0v) is 20.1. The van der Waals surface area contributed by atoms with E-state index in [1.54, 1.807) is 12.1 Å². The summed E-state index contributed by atoms with van der Waals surface area (Å²) in [6, 6.07) is 16.1. The van der Waals surface area contributed by atoms with E-state index < -0.39 is 10.0 Å². The highest BCUT2D eigenvalue weighted by Crippen LogP contribution is 2.24. The Labute approximate surface area is 197 Å². The maximum atomic E-state index is 12.6. The molecule has 6 nitrogen and oxygen atoms in total. The fourth-order valence-electron chi connectivity index (χ4n) is 4.79. The van der Waals surface area contributed by atoms with Gasteiger partial charge in [0.2, 0.25) is 15.9 Å². The first-order valence-electron chi connectivity index (χ1n) is 12.2. The van der Waals surface area contributed by atoms with Crippen molar-refractivity contribution in [2.75, 3.05) is 26.2 Å². The van der Waals surface area contributed by atoms with Crippen molar-refractivity contribution >= 4 is 15.9 Å². The van der Waals surface area contributed by atoms with Crippen molar-refractivity contribution in [2.45, 2.75) is 62.3 Å². The molecule has 2 aliphatic rings. The number of carbonyl (C=O) groups excluding carboxylic acids is 1. The van der Waals surface area contributed by atoms with E-state index in [-0.39, 0.29) is 24.9 Å². The molecule has 1 fully saturated rings. The summed E-state index contributed by atoms with van der Waals surface area (Å²) in [5.74, 6) is -0.0918. The highest BCUT2D eigenvalue weighted by Gasteiger charge is 2.21. The van der Waals surface area contributed by atoms with Crippen molar-refractivity contribution in [3.8, 4) is 0 Å². The lowest BCUT2D eigenvalue weighted by atomic mass is 9.92. The van der Waals surface area contributed by atoms with Crippen LogP contribution in [0.2, 0.25) is 0 Å². The van der Waals surface area contributed by atoms with Crippen LogP contribution in [0.1, 0.15) is 48.8 Å². The van der Waals surface area contributed by atoms with Gasteiger partial charge in [0.15, 0.2) is 0 Å². The van der Waals surface area contributed by atoms with Gasteiger partial charge in [-0.15, -0.1) is 0 Å². The van der Waals surface area contributed by atoms with Crippen molar-refractivity contribution in [2.24, 2.45) is 0 Å². The quantitative estimate of drug-likeness (QED) is 0.592. The first kappa shape index (κ1) is 23.9. The minimum Gasteiger partial charge on any atom is -0.353 e. The fraction of sp³-hybridized carbons (Fsp3) is 0.500. The molecule has 4 rings (SSSR count). The average molecular weight is 470 g/mol. The van der Waals surface area contributed by atoms with Crippen LogP contribution in [-0.2, 0) is 34.1 Å². The summed E-state index contributed by atoms with van der Waals surface area (Å²) in [5.41, 5.74) is 3.74. The maximum absolute atomic E-state index is 12.6. The second-order valence-corrected chi connectivity index (χ2v) is 11.0. The number of nitrogens with zero attached hydrogens (tertiary/aromatic N) is 1. The number of aryl methyl sites for hydroxylation is 2. The Bertz CT molecular complexity index is 1030. The fourth-order valence-corrected chi connectivity index (χ4v) is 5.87. The molecule has 1 aliphatic heterocycles. The van der Waals surface area contributed by atoms with Crippen LogP contribution < -0.4 is 10.0 Å². The minimum absolute atomic E-state index is 0.0918. The molecule has 0 saturated carbocycles. The monoisotopic (exact) mass is 469 g/mol. The molecular weight excluding hydrogens is 434 g/mol. The van der Waals surface area contributed by atoms with Crippen LogP contribution >= 0.6 is 0 Å². The number of rotatable bonds is 9. The average Bonchev–Trinajstić information content (AvgIpc) is 2.84. The number of benzene rings is 2. The predicted molar refractivity (Wildman–Crippen MR) is 131 cm³/mol. The molecule has 1 amide bonds. The van der Waals surface area contributed by atoms with Crippen LogP contribution in [0.4, 0.5) is 0 Å². The molecule has 0 radical (unpaired) electrons. The first-order valence-corrected chi connectivity index (χ1v) is 13.6. The van der Waals surface area contributed by atoms with E-state index in [0.717, 1.165) is 63.7 Å². The van der Waals surface area contributed by atoms with Gasteiger partial charge in [-0.25, -0.2) is 13.1 Å². The van der Waals surface area contributed by atoms with Gasteiger partial charge < -0.3 is 10.2 Å². The van der Waals surface area contributed by atoms with Gasteiger partial charge in [0.05, 0.1) is 4.90 Å². The molecule has 2 aromatic rings. The highest BCUT2D eigenvalue weighted by atomic mass is 32.2. The molecule has 0 spiro atoms. The van der Waals surface area contributed by atoms with E-state index in [9.17, 15) is 13.2 Å². The zero-order chi connectivity index (χ0) is 23.1. The van der Waals surface area contributed by atoms with Gasteiger partial charge in [-0.2, -0.15) is 0 Å². The second-order valence-electron chi connectivity index (χ2n) is 9.20. The van der Waals surface area contributed by atoms with Gasteiger partial charge in [-0.3, -0.25) is 4.79 Å². The van der Waals surface area contributed by atoms with Gasteiger partial charge in [0.25, 0.3) is 0 Å². The maximum Gasteiger partial charge on any atom is 0.240 e. The molecule has 1 saturated heterocycles. The minimum atomic E-state index is -3.60. The summed E-state index contributed by atoms with van der Waals surface area (Å²) in [4.78, 5) is 15.1. The second kappa shape index (κ2) is 11.3. The summed E-state index contributed by atoms with van der Waals surface area (Å²) < 4.78 is 27.9. The third-order valence-electron chi connectivity index (χ3n) is 6.79. The Hall–Kier alpha value is -2.22. The molecule has 33 heavy (non-hydrogen) atoms. The van der Waals surface area contributed by atoms with Crippen molar-refractivity contribution in [1.29, 1.82) is 0 Å². The number of piperidine rings is 1. The number of hydrogen-bond acceptors (Lipinski definition) is 4. The molecule has 0 atom stereocenters. The van der Waals surface area contributed by atoms with Crippen molar-refractivity contribution < 1.29 is 13.2 Å². The summed E-state index contributed by atoms with van der Waals surface area (Å²) in [5, 5.41) is 3.08. The lowest BCUT2D eigenvalue weighted by Gasteiger charge is -2.32. The van der Waals surface area contributed by atoms with E-state index in [1.165, 1.54) is 17.5 Å². The largest absolute Gasteiger partial charge is 0.353 e. The third-order valence-corrected chi connectivity index (χ3v) is 8.25. The number of hydrogen-bond donors (Lipinski definition) is 2. The Morgan fingerprint density at radius 2 is 1.70 bits per heavy atom. The molecule has 0 aromatic heterocycles. The third kappa shape index (κ3) is 6.88. The molecule has 178 valence electrons. The van der Waals surface area contributed by atoms with E-state index in [4.69, 9.17) is 0 Å². The van der Waals surface area contributed by atoms with Crippen molar-refractivity contribution in [3.05, 3.63) is 65.2 Å². The summed E-state index contributed by atoms with van der Waals surface area (Å²) in [6.07, 6.45) is 7.29. The lowest BCUT2D eigenvalue weighted by molar-refractivity contribution is -0.121. The first-order chi connectivity index (χ1) is 16.0. The molecule has 0 bridgehead atoms. The predicted octanol–water partition coefficient (Wildman–Crippen LogP) is 3.06. The smallest absolute Gasteiger partial charge is 0.240 e. The molecule has 2 aromatic carbocycles. The number of fused-ring (bicyclic) bond motifs is 1. The van der Waals surface area contributed by atoms with Gasteiger partial charge in [0, 0.05) is 38.6 Å². The van der Waals surface area contributed by atoms with Gasteiger partial charge >= 0.3 is 0 Å². The number of sulfonamides is 1. The van der Waals surface area contributed by atoms with Crippen molar-refractivity contribution in [3.63, 3.8) is 0 Å². The van der Waals surface area contributed by atoms with Gasteiger partial charge in [-0.05, 0) is 73.8 Å². The summed E-state index contributed by atoms with van der Waals surface area (Å²) in [7, 11) is -3.60. The Balaban J connectivity index is 1.16. The molecule has 2 N–H and O–H groups in total. The Morgan fingerprint density at radius 1 is 0.970 bits per heavy atom. The Kier molecular flexibility index (Phi) is 8.17. The number of likely N-dealkylation sites (tertiary alicyclic amines) is 1. The normalized spacial score (nSPS) is 17.5. The van der Waals surface area contributed by atoms with Crippen LogP contribution in [0.5, 0.6) is 0 Å². The highest BCUT2D eigenvalue weighted by molar-refractivity contribution is 7.89. The zero-order valence-electron chi connectivity index (χ0n) is 19.3. The van der Waals surface area contributed by atoms with E-state index in [2.05, 4.69) is 39.2 Å². The van der Waals surface area contributed by atoms with Gasteiger partial charge in [-0.1, -0.05) is 36.4 Å². The van der Waals surface area contributed by atoms with Crippen LogP contribution in [0.3, 0.4) is 0 Å². The van der Waals surface area contributed by atoms with Crippen LogP contribution in [0.15, 0.2) is 53.4 Å².